The molecule has 1 aromatic carbocycles. The Labute approximate surface area is 115 Å². The topological polar surface area (TPSA) is 108 Å². The van der Waals surface area contributed by atoms with Crippen molar-refractivity contribution < 1.29 is 29.4 Å². The Morgan fingerprint density at radius 1 is 1.35 bits per heavy atom. The van der Waals surface area contributed by atoms with Crippen LogP contribution in [0.15, 0.2) is 12.1 Å². The van der Waals surface area contributed by atoms with Gasteiger partial charge in [0.25, 0.3) is 0 Å². The average molecular weight is 279 g/mol. The number of fused-ring (bicyclic) bond motifs is 1. The molecule has 2 heterocycles. The highest BCUT2D eigenvalue weighted by Gasteiger charge is 2.36. The first-order valence-corrected chi connectivity index (χ1v) is 6.32. The van der Waals surface area contributed by atoms with Gasteiger partial charge in [-0.05, 0) is 18.1 Å². The van der Waals surface area contributed by atoms with Crippen LogP contribution in [0.3, 0.4) is 0 Å². The number of carboxylic acid groups (broad SMARTS) is 1. The summed E-state index contributed by atoms with van der Waals surface area (Å²) in [7, 11) is -1.70. The molecule has 1 aromatic rings. The van der Waals surface area contributed by atoms with Gasteiger partial charge in [0.15, 0.2) is 11.5 Å². The van der Waals surface area contributed by atoms with E-state index >= 15 is 0 Å². The molecule has 0 spiro atoms. The fourth-order valence-electron chi connectivity index (χ4n) is 2.74. The molecule has 2 aliphatic heterocycles. The summed E-state index contributed by atoms with van der Waals surface area (Å²) in [5.74, 6) is -0.552. The minimum atomic E-state index is -1.70. The van der Waals surface area contributed by atoms with Gasteiger partial charge in [-0.15, -0.1) is 0 Å². The quantitative estimate of drug-likeness (QED) is 0.516. The Hall–Kier alpha value is -1.77. The third kappa shape index (κ3) is 2.11. The van der Waals surface area contributed by atoms with Crippen LogP contribution in [0.1, 0.15) is 18.0 Å². The minimum Gasteiger partial charge on any atom is -0.481 e. The van der Waals surface area contributed by atoms with E-state index in [4.69, 9.17) is 14.6 Å². The van der Waals surface area contributed by atoms with E-state index in [-0.39, 0.29) is 18.3 Å². The Bertz CT molecular complexity index is 549. The molecule has 1 saturated heterocycles. The van der Waals surface area contributed by atoms with E-state index < -0.39 is 19.0 Å². The summed E-state index contributed by atoms with van der Waals surface area (Å²) in [6.07, 6.45) is 0.398. The van der Waals surface area contributed by atoms with Crippen LogP contribution in [-0.2, 0) is 4.79 Å². The van der Waals surface area contributed by atoms with Crippen molar-refractivity contribution >= 4 is 18.6 Å². The molecule has 0 aromatic heterocycles. The Kier molecular flexibility index (Phi) is 3.29. The van der Waals surface area contributed by atoms with Crippen LogP contribution >= 0.6 is 0 Å². The van der Waals surface area contributed by atoms with Crippen molar-refractivity contribution in [3.8, 4) is 11.5 Å². The monoisotopic (exact) mass is 279 g/mol. The Balaban J connectivity index is 1.96. The summed E-state index contributed by atoms with van der Waals surface area (Å²) < 4.78 is 10.5. The zero-order valence-electron chi connectivity index (χ0n) is 10.6. The van der Waals surface area contributed by atoms with Crippen molar-refractivity contribution in [3.05, 3.63) is 17.7 Å². The molecule has 0 aliphatic carbocycles. The number of nitrogens with one attached hydrogen (secondary N) is 1. The van der Waals surface area contributed by atoms with Gasteiger partial charge in [-0.2, -0.15) is 0 Å². The van der Waals surface area contributed by atoms with Crippen molar-refractivity contribution in [1.29, 1.82) is 0 Å². The molecule has 4 N–H and O–H groups in total. The second-order valence-corrected chi connectivity index (χ2v) is 4.91. The van der Waals surface area contributed by atoms with Crippen LogP contribution in [0, 0.1) is 5.92 Å². The van der Waals surface area contributed by atoms with Gasteiger partial charge in [-0.1, -0.05) is 6.07 Å². The molecular formula is C12H14BNO6. The summed E-state index contributed by atoms with van der Waals surface area (Å²) in [6, 6.07) is 3.16. The highest BCUT2D eigenvalue weighted by Crippen LogP contribution is 2.35. The van der Waals surface area contributed by atoms with E-state index in [1.54, 1.807) is 12.1 Å². The standard InChI is InChI=1S/C12H14BNO6/c15-12(16)6-3-8(14-4-6)7-1-2-9-11(20-5-19-9)10(7)13(17)18/h1-2,6,8,14,17-18H,3-5H2,(H,15,16). The van der Waals surface area contributed by atoms with Gasteiger partial charge in [0.1, 0.15) is 0 Å². The maximum atomic E-state index is 11.0. The summed E-state index contributed by atoms with van der Waals surface area (Å²) in [5.41, 5.74) is 0.872. The molecule has 3 rings (SSSR count). The predicted molar refractivity (Wildman–Crippen MR) is 68.9 cm³/mol. The van der Waals surface area contributed by atoms with E-state index in [1.165, 1.54) is 0 Å². The van der Waals surface area contributed by atoms with Gasteiger partial charge in [0, 0.05) is 18.0 Å². The molecule has 2 atom stereocenters. The van der Waals surface area contributed by atoms with Crippen molar-refractivity contribution in [3.63, 3.8) is 0 Å². The molecule has 0 radical (unpaired) electrons. The average Bonchev–Trinajstić information content (AvgIpc) is 3.05. The van der Waals surface area contributed by atoms with E-state index in [0.717, 1.165) is 0 Å². The molecule has 106 valence electrons. The highest BCUT2D eigenvalue weighted by molar-refractivity contribution is 6.60. The van der Waals surface area contributed by atoms with Crippen LogP contribution in [-0.4, -0.2) is 41.6 Å². The largest absolute Gasteiger partial charge is 0.492 e. The van der Waals surface area contributed by atoms with Gasteiger partial charge in [0.2, 0.25) is 6.79 Å². The third-order valence-corrected chi connectivity index (χ3v) is 3.73. The zero-order chi connectivity index (χ0) is 14.3. The minimum absolute atomic E-state index is 0.0361. The van der Waals surface area contributed by atoms with Crippen molar-refractivity contribution in [2.24, 2.45) is 5.92 Å². The fourth-order valence-corrected chi connectivity index (χ4v) is 2.74. The van der Waals surface area contributed by atoms with Crippen molar-refractivity contribution in [2.45, 2.75) is 12.5 Å². The summed E-state index contributed by atoms with van der Waals surface area (Å²) in [4.78, 5) is 11.0. The fraction of sp³-hybridized carbons (Fsp3) is 0.417. The maximum Gasteiger partial charge on any atom is 0.492 e. The number of hydrogen-bond acceptors (Lipinski definition) is 6. The van der Waals surface area contributed by atoms with Gasteiger partial charge >= 0.3 is 13.1 Å². The molecule has 0 bridgehead atoms. The Morgan fingerprint density at radius 2 is 2.15 bits per heavy atom. The smallest absolute Gasteiger partial charge is 0.481 e. The summed E-state index contributed by atoms with van der Waals surface area (Å²) >= 11 is 0. The lowest BCUT2D eigenvalue weighted by Gasteiger charge is -2.17. The summed E-state index contributed by atoms with van der Waals surface area (Å²) in [6.45, 7) is 0.393. The van der Waals surface area contributed by atoms with E-state index in [9.17, 15) is 14.8 Å². The number of ether oxygens (including phenoxy) is 2. The van der Waals surface area contributed by atoms with Crippen molar-refractivity contribution in [2.75, 3.05) is 13.3 Å². The van der Waals surface area contributed by atoms with Crippen LogP contribution in [0.5, 0.6) is 11.5 Å². The van der Waals surface area contributed by atoms with E-state index in [1.807, 2.05) is 0 Å². The number of carbonyl (C=O) groups is 1. The first-order valence-electron chi connectivity index (χ1n) is 6.32. The third-order valence-electron chi connectivity index (χ3n) is 3.73. The van der Waals surface area contributed by atoms with Gasteiger partial charge < -0.3 is 29.9 Å². The second-order valence-electron chi connectivity index (χ2n) is 4.91. The normalized spacial score (nSPS) is 23.9. The van der Waals surface area contributed by atoms with E-state index in [2.05, 4.69) is 5.32 Å². The molecule has 2 aliphatic rings. The lowest BCUT2D eigenvalue weighted by molar-refractivity contribution is -0.141. The second kappa shape index (κ2) is 4.97. The zero-order valence-corrected chi connectivity index (χ0v) is 10.6. The molecular weight excluding hydrogens is 265 g/mol. The first kappa shape index (κ1) is 13.2. The van der Waals surface area contributed by atoms with Crippen LogP contribution < -0.4 is 20.3 Å². The van der Waals surface area contributed by atoms with E-state index in [0.29, 0.717) is 30.0 Å². The lowest BCUT2D eigenvalue weighted by atomic mass is 9.74. The first-order chi connectivity index (χ1) is 9.58. The van der Waals surface area contributed by atoms with Crippen molar-refractivity contribution in [1.82, 2.24) is 5.32 Å². The predicted octanol–water partition coefficient (Wildman–Crippen LogP) is -1.17. The van der Waals surface area contributed by atoms with Crippen LogP contribution in [0.4, 0.5) is 0 Å². The van der Waals surface area contributed by atoms with Gasteiger partial charge in [-0.3, -0.25) is 4.79 Å². The number of rotatable bonds is 3. The number of hydrogen-bond donors (Lipinski definition) is 4. The maximum absolute atomic E-state index is 11.0. The summed E-state index contributed by atoms with van der Waals surface area (Å²) in [5, 5.41) is 31.3. The number of benzene rings is 1. The highest BCUT2D eigenvalue weighted by atomic mass is 16.7. The molecule has 8 heteroatoms. The number of aliphatic carboxylic acids is 1. The molecule has 7 nitrogen and oxygen atoms in total. The van der Waals surface area contributed by atoms with Crippen LogP contribution in [0.25, 0.3) is 0 Å². The van der Waals surface area contributed by atoms with Gasteiger partial charge in [-0.25, -0.2) is 0 Å². The van der Waals surface area contributed by atoms with Gasteiger partial charge in [0.05, 0.1) is 5.92 Å². The lowest BCUT2D eigenvalue weighted by Crippen LogP contribution is -2.36. The molecule has 2 unspecified atom stereocenters. The Morgan fingerprint density at radius 3 is 2.80 bits per heavy atom. The molecule has 20 heavy (non-hydrogen) atoms. The van der Waals surface area contributed by atoms with Crippen LogP contribution in [0.2, 0.25) is 0 Å². The molecule has 1 fully saturated rings. The molecule has 0 saturated carbocycles. The SMILES string of the molecule is O=C(O)C1CNC(c2ccc3c(c2B(O)O)OCO3)C1. The number of carboxylic acids is 1. The molecule has 0 amide bonds.